The molecule has 5 rings (SSSR count). The zero-order valence-electron chi connectivity index (χ0n) is 14.1. The normalized spacial score (nSPS) is 11.1. The molecule has 26 heavy (non-hydrogen) atoms. The van der Waals surface area contributed by atoms with Gasteiger partial charge < -0.3 is 0 Å². The smallest absolute Gasteiger partial charge is 0.116 e. The number of nitrogens with zero attached hydrogens (tertiary/aromatic N) is 2. The standard InChI is InChI=1S/C24H16N2/c1-2-8-17(9-3-1)20-15-14-18-10-4-5-11-19(18)23(20)24-21-12-6-7-13-22(21)25-16-26-24/h1-16H. The average Bonchev–Trinajstić information content (AvgIpc) is 2.73. The average molecular weight is 332 g/mol. The van der Waals surface area contributed by atoms with Crippen molar-refractivity contribution in [3.8, 4) is 22.4 Å². The highest BCUT2D eigenvalue weighted by Crippen LogP contribution is 2.39. The Balaban J connectivity index is 1.94. The Morgan fingerprint density at radius 3 is 2.15 bits per heavy atom. The van der Waals surface area contributed by atoms with Crippen LogP contribution >= 0.6 is 0 Å². The fourth-order valence-electron chi connectivity index (χ4n) is 3.59. The van der Waals surface area contributed by atoms with Gasteiger partial charge in [0.15, 0.2) is 0 Å². The highest BCUT2D eigenvalue weighted by Gasteiger charge is 2.15. The van der Waals surface area contributed by atoms with Crippen molar-refractivity contribution in [1.82, 2.24) is 9.97 Å². The fraction of sp³-hybridized carbons (Fsp3) is 0. The van der Waals surface area contributed by atoms with Gasteiger partial charge in [-0.15, -0.1) is 0 Å². The highest BCUT2D eigenvalue weighted by atomic mass is 14.8. The number of fused-ring (bicyclic) bond motifs is 2. The van der Waals surface area contributed by atoms with Crippen LogP contribution in [0.15, 0.2) is 97.3 Å². The SMILES string of the molecule is c1ccc(-c2ccc3ccccc3c2-c2ncnc3ccccc23)cc1. The van der Waals surface area contributed by atoms with Gasteiger partial charge in [-0.1, -0.05) is 84.9 Å². The van der Waals surface area contributed by atoms with E-state index in [1.54, 1.807) is 6.33 Å². The second-order valence-corrected chi connectivity index (χ2v) is 6.31. The van der Waals surface area contributed by atoms with E-state index in [-0.39, 0.29) is 0 Å². The molecule has 0 bridgehead atoms. The van der Waals surface area contributed by atoms with Crippen molar-refractivity contribution in [3.63, 3.8) is 0 Å². The van der Waals surface area contributed by atoms with Crippen molar-refractivity contribution in [2.45, 2.75) is 0 Å². The van der Waals surface area contributed by atoms with E-state index in [1.165, 1.54) is 21.9 Å². The minimum Gasteiger partial charge on any atom is -0.236 e. The molecule has 0 N–H and O–H groups in total. The maximum absolute atomic E-state index is 4.70. The van der Waals surface area contributed by atoms with Gasteiger partial charge in [-0.3, -0.25) is 0 Å². The van der Waals surface area contributed by atoms with Crippen LogP contribution in [0.1, 0.15) is 0 Å². The second-order valence-electron chi connectivity index (χ2n) is 6.31. The maximum atomic E-state index is 4.70. The van der Waals surface area contributed by atoms with E-state index in [2.05, 4.69) is 71.7 Å². The Morgan fingerprint density at radius 1 is 0.538 bits per heavy atom. The molecule has 122 valence electrons. The molecule has 0 saturated heterocycles. The summed E-state index contributed by atoms with van der Waals surface area (Å²) in [4.78, 5) is 9.14. The van der Waals surface area contributed by atoms with E-state index in [9.17, 15) is 0 Å². The topological polar surface area (TPSA) is 25.8 Å². The van der Waals surface area contributed by atoms with Gasteiger partial charge in [0.2, 0.25) is 0 Å². The summed E-state index contributed by atoms with van der Waals surface area (Å²) in [6, 6.07) is 31.6. The highest BCUT2D eigenvalue weighted by molar-refractivity contribution is 6.08. The van der Waals surface area contributed by atoms with Crippen LogP contribution in [-0.2, 0) is 0 Å². The lowest BCUT2D eigenvalue weighted by molar-refractivity contribution is 1.23. The van der Waals surface area contributed by atoms with Crippen molar-refractivity contribution >= 4 is 21.7 Å². The third-order valence-corrected chi connectivity index (χ3v) is 4.79. The molecule has 2 heteroatoms. The molecule has 1 heterocycles. The molecule has 4 aromatic carbocycles. The van der Waals surface area contributed by atoms with Crippen molar-refractivity contribution < 1.29 is 0 Å². The summed E-state index contributed by atoms with van der Waals surface area (Å²) in [5, 5.41) is 3.49. The summed E-state index contributed by atoms with van der Waals surface area (Å²) in [5.74, 6) is 0. The Labute approximate surface area is 151 Å². The van der Waals surface area contributed by atoms with Crippen LogP contribution in [0.4, 0.5) is 0 Å². The lowest BCUT2D eigenvalue weighted by Crippen LogP contribution is -1.93. The number of rotatable bonds is 2. The minimum absolute atomic E-state index is 0.962. The van der Waals surface area contributed by atoms with Crippen LogP contribution < -0.4 is 0 Å². The van der Waals surface area contributed by atoms with E-state index < -0.39 is 0 Å². The van der Waals surface area contributed by atoms with Crippen molar-refractivity contribution in [2.24, 2.45) is 0 Å². The lowest BCUT2D eigenvalue weighted by Gasteiger charge is -2.15. The molecule has 0 amide bonds. The van der Waals surface area contributed by atoms with Gasteiger partial charge in [0, 0.05) is 10.9 Å². The largest absolute Gasteiger partial charge is 0.236 e. The number of hydrogen-bond acceptors (Lipinski definition) is 2. The molecule has 0 fully saturated rings. The van der Waals surface area contributed by atoms with Crippen LogP contribution in [0.25, 0.3) is 44.1 Å². The minimum atomic E-state index is 0.962. The first kappa shape index (κ1) is 14.8. The van der Waals surface area contributed by atoms with Gasteiger partial charge >= 0.3 is 0 Å². The first-order valence-electron chi connectivity index (χ1n) is 8.69. The zero-order chi connectivity index (χ0) is 17.3. The summed E-state index contributed by atoms with van der Waals surface area (Å²) in [6.07, 6.45) is 1.66. The first-order valence-corrected chi connectivity index (χ1v) is 8.69. The quantitative estimate of drug-likeness (QED) is 0.389. The second kappa shape index (κ2) is 6.08. The number of para-hydroxylation sites is 1. The molecule has 0 unspecified atom stereocenters. The van der Waals surface area contributed by atoms with E-state index in [1.807, 2.05) is 24.3 Å². The molecule has 0 aliphatic carbocycles. The monoisotopic (exact) mass is 332 g/mol. The molecule has 0 radical (unpaired) electrons. The molecule has 0 aliphatic rings. The Morgan fingerprint density at radius 2 is 1.27 bits per heavy atom. The van der Waals surface area contributed by atoms with Crippen molar-refractivity contribution in [1.29, 1.82) is 0 Å². The molecule has 0 saturated carbocycles. The Bertz CT molecular complexity index is 1220. The van der Waals surface area contributed by atoms with Gasteiger partial charge in [-0.25, -0.2) is 9.97 Å². The predicted molar refractivity (Wildman–Crippen MR) is 108 cm³/mol. The van der Waals surface area contributed by atoms with Crippen LogP contribution in [0, 0.1) is 0 Å². The van der Waals surface area contributed by atoms with Crippen LogP contribution in [0.2, 0.25) is 0 Å². The summed E-state index contributed by atoms with van der Waals surface area (Å²) < 4.78 is 0. The predicted octanol–water partition coefficient (Wildman–Crippen LogP) is 6.12. The lowest BCUT2D eigenvalue weighted by atomic mass is 9.91. The molecule has 0 spiro atoms. The van der Waals surface area contributed by atoms with Crippen LogP contribution in [-0.4, -0.2) is 9.97 Å². The Kier molecular flexibility index (Phi) is 3.46. The van der Waals surface area contributed by atoms with E-state index in [0.29, 0.717) is 0 Å². The molecule has 5 aromatic rings. The van der Waals surface area contributed by atoms with E-state index in [4.69, 9.17) is 4.98 Å². The number of hydrogen-bond donors (Lipinski definition) is 0. The van der Waals surface area contributed by atoms with E-state index >= 15 is 0 Å². The number of aromatic nitrogens is 2. The molecular formula is C24H16N2. The van der Waals surface area contributed by atoms with Gasteiger partial charge in [0.1, 0.15) is 6.33 Å². The van der Waals surface area contributed by atoms with Crippen LogP contribution in [0.5, 0.6) is 0 Å². The first-order chi connectivity index (χ1) is 12.9. The van der Waals surface area contributed by atoms with E-state index in [0.717, 1.165) is 22.2 Å². The number of benzene rings is 4. The maximum Gasteiger partial charge on any atom is 0.116 e. The summed E-state index contributed by atoms with van der Waals surface area (Å²) in [5.41, 5.74) is 5.48. The molecule has 2 nitrogen and oxygen atoms in total. The third kappa shape index (κ3) is 2.35. The summed E-state index contributed by atoms with van der Waals surface area (Å²) >= 11 is 0. The summed E-state index contributed by atoms with van der Waals surface area (Å²) in [7, 11) is 0. The van der Waals surface area contributed by atoms with Crippen molar-refractivity contribution in [2.75, 3.05) is 0 Å². The third-order valence-electron chi connectivity index (χ3n) is 4.79. The molecule has 0 atom stereocenters. The van der Waals surface area contributed by atoms with Gasteiger partial charge in [-0.05, 0) is 28.0 Å². The van der Waals surface area contributed by atoms with Crippen molar-refractivity contribution in [3.05, 3.63) is 97.3 Å². The fourth-order valence-corrected chi connectivity index (χ4v) is 3.59. The van der Waals surface area contributed by atoms with Gasteiger partial charge in [-0.2, -0.15) is 0 Å². The molecular weight excluding hydrogens is 316 g/mol. The van der Waals surface area contributed by atoms with Gasteiger partial charge in [0.05, 0.1) is 11.2 Å². The van der Waals surface area contributed by atoms with Gasteiger partial charge in [0.25, 0.3) is 0 Å². The molecule has 1 aromatic heterocycles. The van der Waals surface area contributed by atoms with Crippen LogP contribution in [0.3, 0.4) is 0 Å². The zero-order valence-corrected chi connectivity index (χ0v) is 14.1. The summed E-state index contributed by atoms with van der Waals surface area (Å²) in [6.45, 7) is 0. The molecule has 0 aliphatic heterocycles. The Hall–Kier alpha value is -3.52.